The van der Waals surface area contributed by atoms with Crippen molar-refractivity contribution in [1.29, 1.82) is 0 Å². The summed E-state index contributed by atoms with van der Waals surface area (Å²) in [4.78, 5) is 0. The van der Waals surface area contributed by atoms with Crippen LogP contribution in [0.4, 0.5) is 0 Å². The second-order valence-electron chi connectivity index (χ2n) is 5.80. The molecule has 2 aliphatic rings. The van der Waals surface area contributed by atoms with E-state index in [1.54, 1.807) is 0 Å². The smallest absolute Gasteiger partial charge is 0.0666 e. The summed E-state index contributed by atoms with van der Waals surface area (Å²) in [5.74, 6) is 1.73. The molecule has 3 heteroatoms. The predicted octanol–water partition coefficient (Wildman–Crippen LogP) is 3.47. The van der Waals surface area contributed by atoms with Gasteiger partial charge < -0.3 is 10.5 Å². The van der Waals surface area contributed by atoms with E-state index >= 15 is 0 Å². The maximum absolute atomic E-state index is 6.48. The predicted molar refractivity (Wildman–Crippen MR) is 81.6 cm³/mol. The van der Waals surface area contributed by atoms with Gasteiger partial charge >= 0.3 is 0 Å². The standard InChI is InChI=1S/C16H23NOS/c1-11-9-15(19-10-12-5-4-8-18-12)16(17)14-7-3-2-6-13(11)14/h2-3,6-7,11-12,15-16H,4-5,8-10,17H2,1H3. The lowest BCUT2D eigenvalue weighted by Gasteiger charge is -2.35. The van der Waals surface area contributed by atoms with Crippen LogP contribution in [-0.4, -0.2) is 23.7 Å². The molecule has 1 fully saturated rings. The first-order chi connectivity index (χ1) is 9.25. The van der Waals surface area contributed by atoms with Crippen LogP contribution in [0.15, 0.2) is 24.3 Å². The van der Waals surface area contributed by atoms with Crippen LogP contribution in [0.5, 0.6) is 0 Å². The molecule has 4 unspecified atom stereocenters. The Hall–Kier alpha value is -0.510. The Morgan fingerprint density at radius 1 is 1.32 bits per heavy atom. The first-order valence-corrected chi connectivity index (χ1v) is 8.38. The Balaban J connectivity index is 1.67. The normalized spacial score (nSPS) is 34.2. The fraction of sp³-hybridized carbons (Fsp3) is 0.625. The molecule has 19 heavy (non-hydrogen) atoms. The Morgan fingerprint density at radius 3 is 2.84 bits per heavy atom. The van der Waals surface area contributed by atoms with Crippen LogP contribution in [0.1, 0.15) is 49.3 Å². The fourth-order valence-electron chi connectivity index (χ4n) is 3.26. The second-order valence-corrected chi connectivity index (χ2v) is 7.07. The summed E-state index contributed by atoms with van der Waals surface area (Å²) in [5.41, 5.74) is 9.28. The molecule has 0 spiro atoms. The third-order valence-electron chi connectivity index (χ3n) is 4.39. The minimum absolute atomic E-state index is 0.179. The van der Waals surface area contributed by atoms with E-state index in [4.69, 9.17) is 10.5 Å². The maximum Gasteiger partial charge on any atom is 0.0666 e. The highest BCUT2D eigenvalue weighted by Gasteiger charge is 2.31. The van der Waals surface area contributed by atoms with Crippen molar-refractivity contribution >= 4 is 11.8 Å². The van der Waals surface area contributed by atoms with Crippen molar-refractivity contribution in [2.75, 3.05) is 12.4 Å². The van der Waals surface area contributed by atoms with Crippen molar-refractivity contribution in [3.05, 3.63) is 35.4 Å². The molecule has 104 valence electrons. The first kappa shape index (κ1) is 13.5. The molecular formula is C16H23NOS. The van der Waals surface area contributed by atoms with Gasteiger partial charge in [-0.1, -0.05) is 31.2 Å². The zero-order valence-corrected chi connectivity index (χ0v) is 12.4. The highest BCUT2D eigenvalue weighted by atomic mass is 32.2. The molecule has 1 aromatic carbocycles. The van der Waals surface area contributed by atoms with Gasteiger partial charge in [-0.15, -0.1) is 0 Å². The molecule has 3 rings (SSSR count). The molecule has 0 amide bonds. The van der Waals surface area contributed by atoms with Crippen LogP contribution in [0.2, 0.25) is 0 Å². The van der Waals surface area contributed by atoms with Crippen LogP contribution in [0, 0.1) is 0 Å². The van der Waals surface area contributed by atoms with E-state index in [1.165, 1.54) is 30.4 Å². The van der Waals surface area contributed by atoms with Crippen molar-refractivity contribution < 1.29 is 4.74 Å². The SMILES string of the molecule is CC1CC(SCC2CCCO2)C(N)c2ccccc21. The van der Waals surface area contributed by atoms with Crippen molar-refractivity contribution in [2.24, 2.45) is 5.73 Å². The van der Waals surface area contributed by atoms with Gasteiger partial charge in [-0.3, -0.25) is 0 Å². The van der Waals surface area contributed by atoms with Gasteiger partial charge in [0.15, 0.2) is 0 Å². The lowest BCUT2D eigenvalue weighted by molar-refractivity contribution is 0.128. The molecule has 1 aliphatic heterocycles. The topological polar surface area (TPSA) is 35.2 Å². The van der Waals surface area contributed by atoms with Crippen molar-refractivity contribution in [3.8, 4) is 0 Å². The molecule has 1 aromatic rings. The van der Waals surface area contributed by atoms with Gasteiger partial charge in [0, 0.05) is 23.7 Å². The van der Waals surface area contributed by atoms with E-state index in [-0.39, 0.29) is 6.04 Å². The van der Waals surface area contributed by atoms with Gasteiger partial charge in [0.25, 0.3) is 0 Å². The van der Waals surface area contributed by atoms with Crippen LogP contribution in [0.3, 0.4) is 0 Å². The molecule has 1 saturated heterocycles. The van der Waals surface area contributed by atoms with Crippen molar-refractivity contribution in [1.82, 2.24) is 0 Å². The van der Waals surface area contributed by atoms with Crippen molar-refractivity contribution in [3.63, 3.8) is 0 Å². The maximum atomic E-state index is 6.48. The van der Waals surface area contributed by atoms with Crippen LogP contribution in [0.25, 0.3) is 0 Å². The van der Waals surface area contributed by atoms with Crippen LogP contribution < -0.4 is 5.73 Å². The number of benzene rings is 1. The number of nitrogens with two attached hydrogens (primary N) is 1. The van der Waals surface area contributed by atoms with E-state index in [0.29, 0.717) is 17.3 Å². The number of thioether (sulfide) groups is 1. The number of ether oxygens (including phenoxy) is 1. The summed E-state index contributed by atoms with van der Waals surface area (Å²) in [7, 11) is 0. The summed E-state index contributed by atoms with van der Waals surface area (Å²) < 4.78 is 5.71. The third-order valence-corrected chi connectivity index (χ3v) is 5.87. The monoisotopic (exact) mass is 277 g/mol. The van der Waals surface area contributed by atoms with Gasteiger partial charge in [0.2, 0.25) is 0 Å². The summed E-state index contributed by atoms with van der Waals surface area (Å²) in [6, 6.07) is 8.86. The summed E-state index contributed by atoms with van der Waals surface area (Å²) in [6.45, 7) is 3.27. The molecule has 0 bridgehead atoms. The Kier molecular flexibility index (Phi) is 4.15. The molecule has 4 atom stereocenters. The molecule has 0 saturated carbocycles. The van der Waals surface area contributed by atoms with E-state index in [9.17, 15) is 0 Å². The second kappa shape index (κ2) is 5.86. The van der Waals surface area contributed by atoms with Crippen LogP contribution >= 0.6 is 11.8 Å². The molecule has 1 aliphatic carbocycles. The Labute approximate surface area is 120 Å². The lowest BCUT2D eigenvalue weighted by Crippen LogP contribution is -2.32. The molecule has 2 N–H and O–H groups in total. The zero-order chi connectivity index (χ0) is 13.2. The number of rotatable bonds is 3. The quantitative estimate of drug-likeness (QED) is 0.918. The molecule has 1 heterocycles. The van der Waals surface area contributed by atoms with Gasteiger partial charge in [-0.05, 0) is 36.3 Å². The van der Waals surface area contributed by atoms with E-state index in [2.05, 4.69) is 31.2 Å². The van der Waals surface area contributed by atoms with Crippen molar-refractivity contribution in [2.45, 2.75) is 49.5 Å². The highest BCUT2D eigenvalue weighted by Crippen LogP contribution is 2.41. The molecular weight excluding hydrogens is 254 g/mol. The molecule has 0 radical (unpaired) electrons. The molecule has 0 aromatic heterocycles. The number of fused-ring (bicyclic) bond motifs is 1. The van der Waals surface area contributed by atoms with E-state index < -0.39 is 0 Å². The highest BCUT2D eigenvalue weighted by molar-refractivity contribution is 8.00. The van der Waals surface area contributed by atoms with Gasteiger partial charge in [-0.2, -0.15) is 11.8 Å². The largest absolute Gasteiger partial charge is 0.377 e. The van der Waals surface area contributed by atoms with Gasteiger partial charge in [0.1, 0.15) is 0 Å². The van der Waals surface area contributed by atoms with Crippen LogP contribution in [-0.2, 0) is 4.74 Å². The van der Waals surface area contributed by atoms with E-state index in [0.717, 1.165) is 12.4 Å². The first-order valence-electron chi connectivity index (χ1n) is 7.33. The summed E-state index contributed by atoms with van der Waals surface area (Å²) in [5, 5.41) is 0.536. The Bertz CT molecular complexity index is 431. The average Bonchev–Trinajstić information content (AvgIpc) is 2.95. The number of hydrogen-bond acceptors (Lipinski definition) is 3. The van der Waals surface area contributed by atoms with Gasteiger partial charge in [-0.25, -0.2) is 0 Å². The lowest BCUT2D eigenvalue weighted by atomic mass is 9.81. The van der Waals surface area contributed by atoms with E-state index in [1.807, 2.05) is 11.8 Å². The zero-order valence-electron chi connectivity index (χ0n) is 11.5. The average molecular weight is 277 g/mol. The minimum atomic E-state index is 0.179. The number of hydrogen-bond donors (Lipinski definition) is 1. The Morgan fingerprint density at radius 2 is 2.11 bits per heavy atom. The molecule has 2 nitrogen and oxygen atoms in total. The summed E-state index contributed by atoms with van der Waals surface area (Å²) >= 11 is 2.02. The fourth-order valence-corrected chi connectivity index (χ4v) is 4.77. The van der Waals surface area contributed by atoms with Gasteiger partial charge in [0.05, 0.1) is 6.10 Å². The summed E-state index contributed by atoms with van der Waals surface area (Å²) in [6.07, 6.45) is 4.10. The minimum Gasteiger partial charge on any atom is -0.377 e. The third kappa shape index (κ3) is 2.83.